The van der Waals surface area contributed by atoms with E-state index in [9.17, 15) is 4.79 Å². The average Bonchev–Trinajstić information content (AvgIpc) is 2.27. The van der Waals surface area contributed by atoms with Gasteiger partial charge in [0.1, 0.15) is 0 Å². The van der Waals surface area contributed by atoms with Crippen molar-refractivity contribution in [3.63, 3.8) is 0 Å². The van der Waals surface area contributed by atoms with Crippen LogP contribution in [-0.2, 0) is 6.54 Å². The fourth-order valence-electron chi connectivity index (χ4n) is 1.22. The zero-order chi connectivity index (χ0) is 12.8. The predicted molar refractivity (Wildman–Crippen MR) is 71.6 cm³/mol. The van der Waals surface area contributed by atoms with E-state index in [1.807, 2.05) is 13.8 Å². The second-order valence-corrected chi connectivity index (χ2v) is 4.72. The van der Waals surface area contributed by atoms with Gasteiger partial charge >= 0.3 is 6.03 Å². The Balaban J connectivity index is 2.47. The van der Waals surface area contributed by atoms with Gasteiger partial charge in [0.2, 0.25) is 0 Å². The molecule has 3 nitrogen and oxygen atoms in total. The molecule has 1 rings (SSSR count). The number of nitrogens with one attached hydrogen (secondary N) is 2. The van der Waals surface area contributed by atoms with Gasteiger partial charge in [0.15, 0.2) is 0 Å². The van der Waals surface area contributed by atoms with Gasteiger partial charge in [0.25, 0.3) is 0 Å². The van der Waals surface area contributed by atoms with Crippen LogP contribution in [0.3, 0.4) is 0 Å². The third-order valence-corrected chi connectivity index (χ3v) is 3.03. The molecule has 0 fully saturated rings. The first kappa shape index (κ1) is 14.1. The average molecular weight is 275 g/mol. The molecule has 0 unspecified atom stereocenters. The molecule has 0 saturated heterocycles. The van der Waals surface area contributed by atoms with Gasteiger partial charge in [0.05, 0.1) is 0 Å². The van der Waals surface area contributed by atoms with E-state index in [-0.39, 0.29) is 12.1 Å². The third-order valence-electron chi connectivity index (χ3n) is 2.44. The maximum Gasteiger partial charge on any atom is 0.315 e. The molecule has 0 saturated carbocycles. The fraction of sp³-hybridized carbons (Fsp3) is 0.417. The molecular formula is C12H16Cl2N2O. The lowest BCUT2D eigenvalue weighted by Crippen LogP contribution is -2.40. The van der Waals surface area contributed by atoms with Crippen molar-refractivity contribution in [1.29, 1.82) is 0 Å². The van der Waals surface area contributed by atoms with Crippen molar-refractivity contribution in [2.75, 3.05) is 0 Å². The first-order valence-electron chi connectivity index (χ1n) is 5.51. The highest BCUT2D eigenvalue weighted by atomic mass is 35.5. The largest absolute Gasteiger partial charge is 0.336 e. The minimum atomic E-state index is -0.189. The summed E-state index contributed by atoms with van der Waals surface area (Å²) in [6.45, 7) is 4.36. The Morgan fingerprint density at radius 3 is 2.71 bits per heavy atom. The minimum Gasteiger partial charge on any atom is -0.336 e. The number of rotatable bonds is 4. The van der Waals surface area contributed by atoms with E-state index in [0.29, 0.717) is 16.6 Å². The molecular weight excluding hydrogens is 259 g/mol. The first-order valence-corrected chi connectivity index (χ1v) is 6.26. The lowest BCUT2D eigenvalue weighted by Gasteiger charge is -2.13. The smallest absolute Gasteiger partial charge is 0.315 e. The molecule has 0 radical (unpaired) electrons. The van der Waals surface area contributed by atoms with E-state index < -0.39 is 0 Å². The van der Waals surface area contributed by atoms with Crippen molar-refractivity contribution in [3.05, 3.63) is 33.8 Å². The molecule has 1 aromatic rings. The van der Waals surface area contributed by atoms with Crippen molar-refractivity contribution in [3.8, 4) is 0 Å². The lowest BCUT2D eigenvalue weighted by molar-refractivity contribution is 0.237. The van der Waals surface area contributed by atoms with Gasteiger partial charge in [-0.25, -0.2) is 4.79 Å². The number of urea groups is 1. The molecule has 0 aliphatic carbocycles. The van der Waals surface area contributed by atoms with Crippen LogP contribution in [0.2, 0.25) is 10.0 Å². The van der Waals surface area contributed by atoms with Gasteiger partial charge in [-0.2, -0.15) is 0 Å². The highest BCUT2D eigenvalue weighted by Crippen LogP contribution is 2.20. The molecule has 0 spiro atoms. The van der Waals surface area contributed by atoms with Gasteiger partial charge < -0.3 is 10.6 Å². The summed E-state index contributed by atoms with van der Waals surface area (Å²) in [7, 11) is 0. The zero-order valence-corrected chi connectivity index (χ0v) is 11.4. The molecule has 0 aromatic heterocycles. The van der Waals surface area contributed by atoms with Gasteiger partial charge in [-0.3, -0.25) is 0 Å². The van der Waals surface area contributed by atoms with E-state index in [0.717, 1.165) is 12.0 Å². The monoisotopic (exact) mass is 274 g/mol. The lowest BCUT2D eigenvalue weighted by atomic mass is 10.2. The van der Waals surface area contributed by atoms with Gasteiger partial charge in [-0.05, 0) is 31.0 Å². The Morgan fingerprint density at radius 2 is 2.12 bits per heavy atom. The fourth-order valence-corrected chi connectivity index (χ4v) is 1.69. The standard InChI is InChI=1S/C12H16Cl2N2O/c1-3-8(2)16-12(17)15-7-9-4-5-10(13)6-11(9)14/h4-6,8H,3,7H2,1-2H3,(H2,15,16,17)/t8-/m0/s1. The molecule has 1 aromatic carbocycles. The summed E-state index contributed by atoms with van der Waals surface area (Å²) in [6, 6.07) is 5.18. The highest BCUT2D eigenvalue weighted by molar-refractivity contribution is 6.35. The van der Waals surface area contributed by atoms with Crippen molar-refractivity contribution in [2.24, 2.45) is 0 Å². The number of carbonyl (C=O) groups is 1. The van der Waals surface area contributed by atoms with Gasteiger partial charge in [0, 0.05) is 22.6 Å². The highest BCUT2D eigenvalue weighted by Gasteiger charge is 2.06. The summed E-state index contributed by atoms with van der Waals surface area (Å²) in [5.41, 5.74) is 0.843. The van der Waals surface area contributed by atoms with Crippen molar-refractivity contribution in [2.45, 2.75) is 32.9 Å². The summed E-state index contributed by atoms with van der Waals surface area (Å²) < 4.78 is 0. The van der Waals surface area contributed by atoms with Crippen molar-refractivity contribution >= 4 is 29.2 Å². The molecule has 2 amide bonds. The Bertz CT molecular complexity index is 396. The number of halogens is 2. The van der Waals surface area contributed by atoms with Crippen LogP contribution in [0.5, 0.6) is 0 Å². The second-order valence-electron chi connectivity index (χ2n) is 3.87. The minimum absolute atomic E-state index is 0.163. The van der Waals surface area contributed by atoms with Crippen LogP contribution < -0.4 is 10.6 Å². The Hall–Kier alpha value is -0.930. The van der Waals surface area contributed by atoms with E-state index >= 15 is 0 Å². The molecule has 94 valence electrons. The molecule has 0 bridgehead atoms. The maximum absolute atomic E-state index is 11.5. The molecule has 0 heterocycles. The van der Waals surface area contributed by atoms with Crippen LogP contribution in [0.15, 0.2) is 18.2 Å². The van der Waals surface area contributed by atoms with Gasteiger partial charge in [-0.1, -0.05) is 36.2 Å². The molecule has 17 heavy (non-hydrogen) atoms. The van der Waals surface area contributed by atoms with Crippen molar-refractivity contribution in [1.82, 2.24) is 10.6 Å². The molecule has 1 atom stereocenters. The summed E-state index contributed by atoms with van der Waals surface area (Å²) in [4.78, 5) is 11.5. The van der Waals surface area contributed by atoms with Gasteiger partial charge in [-0.15, -0.1) is 0 Å². The quantitative estimate of drug-likeness (QED) is 0.866. The zero-order valence-electron chi connectivity index (χ0n) is 9.89. The molecule has 2 N–H and O–H groups in total. The van der Waals surface area contributed by atoms with Crippen LogP contribution in [0.4, 0.5) is 4.79 Å². The summed E-state index contributed by atoms with van der Waals surface area (Å²) in [5, 5.41) is 6.70. The van der Waals surface area contributed by atoms with Crippen molar-refractivity contribution < 1.29 is 4.79 Å². The number of benzene rings is 1. The second kappa shape index (κ2) is 6.72. The SMILES string of the molecule is CC[C@H](C)NC(=O)NCc1ccc(Cl)cc1Cl. The summed E-state index contributed by atoms with van der Waals surface area (Å²) >= 11 is 11.8. The van der Waals surface area contributed by atoms with Crippen LogP contribution in [0, 0.1) is 0 Å². The Morgan fingerprint density at radius 1 is 1.41 bits per heavy atom. The Labute approximate surface area is 111 Å². The number of carbonyl (C=O) groups excluding carboxylic acids is 1. The van der Waals surface area contributed by atoms with E-state index in [1.165, 1.54) is 0 Å². The Kier molecular flexibility index (Phi) is 5.59. The maximum atomic E-state index is 11.5. The van der Waals surface area contributed by atoms with Crippen LogP contribution in [0.25, 0.3) is 0 Å². The van der Waals surface area contributed by atoms with E-state index in [4.69, 9.17) is 23.2 Å². The van der Waals surface area contributed by atoms with Crippen LogP contribution in [0.1, 0.15) is 25.8 Å². The first-order chi connectivity index (χ1) is 8.02. The van der Waals surface area contributed by atoms with Crippen LogP contribution >= 0.6 is 23.2 Å². The normalized spacial score (nSPS) is 12.0. The number of hydrogen-bond acceptors (Lipinski definition) is 1. The molecule has 0 aliphatic rings. The van der Waals surface area contributed by atoms with E-state index in [1.54, 1.807) is 18.2 Å². The summed E-state index contributed by atoms with van der Waals surface area (Å²) in [5.74, 6) is 0. The number of hydrogen-bond donors (Lipinski definition) is 2. The van der Waals surface area contributed by atoms with Crippen LogP contribution in [-0.4, -0.2) is 12.1 Å². The molecule has 0 aliphatic heterocycles. The predicted octanol–water partition coefficient (Wildman–Crippen LogP) is 3.59. The number of amides is 2. The summed E-state index contributed by atoms with van der Waals surface area (Å²) in [6.07, 6.45) is 0.898. The third kappa shape index (κ3) is 4.84. The van der Waals surface area contributed by atoms with E-state index in [2.05, 4.69) is 10.6 Å². The molecule has 5 heteroatoms. The topological polar surface area (TPSA) is 41.1 Å².